The number of hydrogen-bond acceptors (Lipinski definition) is 2. The minimum atomic E-state index is -0.270. The second-order valence-corrected chi connectivity index (χ2v) is 4.71. The topological polar surface area (TPSA) is 32.3 Å². The average molecular weight is 260 g/mol. The van der Waals surface area contributed by atoms with Gasteiger partial charge in [0, 0.05) is 23.7 Å². The lowest BCUT2D eigenvalue weighted by Gasteiger charge is -2.09. The highest BCUT2D eigenvalue weighted by atomic mass is 35.5. The van der Waals surface area contributed by atoms with Gasteiger partial charge in [0.15, 0.2) is 0 Å². The number of rotatable bonds is 7. The molecule has 0 radical (unpaired) electrons. The summed E-state index contributed by atoms with van der Waals surface area (Å²) in [5, 5.41) is 12.5. The van der Waals surface area contributed by atoms with Crippen LogP contribution in [0.4, 0.5) is 4.39 Å². The number of hydrogen-bond donors (Lipinski definition) is 2. The molecule has 0 bridgehead atoms. The van der Waals surface area contributed by atoms with Crippen LogP contribution in [0.5, 0.6) is 0 Å². The van der Waals surface area contributed by atoms with E-state index in [4.69, 9.17) is 16.7 Å². The first kappa shape index (κ1) is 14.4. The van der Waals surface area contributed by atoms with Crippen LogP contribution in [0, 0.1) is 11.7 Å². The molecule has 0 saturated heterocycles. The Morgan fingerprint density at radius 1 is 1.47 bits per heavy atom. The van der Waals surface area contributed by atoms with Crippen molar-refractivity contribution in [3.05, 3.63) is 34.6 Å². The largest absolute Gasteiger partial charge is 0.396 e. The molecule has 0 amide bonds. The summed E-state index contributed by atoms with van der Waals surface area (Å²) in [5.74, 6) is 0.0579. The van der Waals surface area contributed by atoms with Gasteiger partial charge in [-0.25, -0.2) is 4.39 Å². The fraction of sp³-hybridized carbons (Fsp3) is 0.538. The Morgan fingerprint density at radius 2 is 2.24 bits per heavy atom. The molecule has 0 saturated carbocycles. The molecule has 4 heteroatoms. The normalized spacial score (nSPS) is 12.7. The summed E-state index contributed by atoms with van der Waals surface area (Å²) in [5.41, 5.74) is 0.518. The van der Waals surface area contributed by atoms with Crippen LogP contribution in [0.25, 0.3) is 0 Å². The van der Waals surface area contributed by atoms with Crippen molar-refractivity contribution in [2.24, 2.45) is 5.92 Å². The molecule has 0 aromatic heterocycles. The second-order valence-electron chi connectivity index (χ2n) is 4.31. The summed E-state index contributed by atoms with van der Waals surface area (Å²) in [4.78, 5) is 0. The van der Waals surface area contributed by atoms with Crippen LogP contribution in [-0.4, -0.2) is 18.3 Å². The van der Waals surface area contributed by atoms with Crippen LogP contribution in [0.3, 0.4) is 0 Å². The summed E-state index contributed by atoms with van der Waals surface area (Å²) < 4.78 is 13.4. The van der Waals surface area contributed by atoms with E-state index in [-0.39, 0.29) is 12.4 Å². The molecule has 1 aromatic carbocycles. The van der Waals surface area contributed by atoms with E-state index in [1.165, 1.54) is 6.07 Å². The zero-order valence-electron chi connectivity index (χ0n) is 10.0. The predicted molar refractivity (Wildman–Crippen MR) is 68.6 cm³/mol. The van der Waals surface area contributed by atoms with E-state index in [2.05, 4.69) is 5.32 Å². The first-order valence-corrected chi connectivity index (χ1v) is 6.27. The Bertz CT molecular complexity index is 326. The Hall–Kier alpha value is -0.640. The molecule has 2 N–H and O–H groups in total. The maximum absolute atomic E-state index is 13.4. The van der Waals surface area contributed by atoms with Crippen LogP contribution in [0.1, 0.15) is 25.3 Å². The van der Waals surface area contributed by atoms with E-state index in [9.17, 15) is 4.39 Å². The minimum absolute atomic E-state index is 0.221. The van der Waals surface area contributed by atoms with Gasteiger partial charge in [-0.1, -0.05) is 24.6 Å². The minimum Gasteiger partial charge on any atom is -0.396 e. The molecule has 0 aliphatic heterocycles. The van der Waals surface area contributed by atoms with E-state index in [1.54, 1.807) is 12.1 Å². The molecule has 1 rings (SSSR count). The predicted octanol–water partition coefficient (Wildman–Crippen LogP) is 2.98. The molecule has 0 spiro atoms. The Balaban J connectivity index is 2.27. The third kappa shape index (κ3) is 5.02. The first-order valence-electron chi connectivity index (χ1n) is 5.89. The van der Waals surface area contributed by atoms with Gasteiger partial charge in [0.05, 0.1) is 0 Å². The van der Waals surface area contributed by atoms with Gasteiger partial charge in [-0.2, -0.15) is 0 Å². The number of halogens is 2. The summed E-state index contributed by atoms with van der Waals surface area (Å²) in [6.45, 7) is 3.47. The van der Waals surface area contributed by atoms with Crippen molar-refractivity contribution < 1.29 is 9.50 Å². The molecule has 96 valence electrons. The Morgan fingerprint density at radius 3 is 2.88 bits per heavy atom. The van der Waals surface area contributed by atoms with Crippen LogP contribution >= 0.6 is 11.6 Å². The number of benzene rings is 1. The molecule has 0 aliphatic rings. The number of aliphatic hydroxyl groups is 1. The molecular weight excluding hydrogens is 241 g/mol. The molecule has 17 heavy (non-hydrogen) atoms. The van der Waals surface area contributed by atoms with Crippen LogP contribution in [-0.2, 0) is 6.54 Å². The highest BCUT2D eigenvalue weighted by molar-refractivity contribution is 6.31. The van der Waals surface area contributed by atoms with Gasteiger partial charge < -0.3 is 10.4 Å². The maximum Gasteiger partial charge on any atom is 0.129 e. The van der Waals surface area contributed by atoms with E-state index < -0.39 is 0 Å². The van der Waals surface area contributed by atoms with Gasteiger partial charge >= 0.3 is 0 Å². The summed E-state index contributed by atoms with van der Waals surface area (Å²) in [6, 6.07) is 4.70. The zero-order valence-corrected chi connectivity index (χ0v) is 10.8. The standard InChI is InChI=1S/C13H19ClFNO/c1-10(9-17)4-3-7-16-8-11-12(14)5-2-6-13(11)15/h2,5-6,10,16-17H,3-4,7-9H2,1H3. The van der Waals surface area contributed by atoms with Crippen molar-refractivity contribution in [3.63, 3.8) is 0 Å². The SMILES string of the molecule is CC(CO)CCCNCc1c(F)cccc1Cl. The lowest BCUT2D eigenvalue weighted by molar-refractivity contribution is 0.228. The van der Waals surface area contributed by atoms with Crippen molar-refractivity contribution in [1.82, 2.24) is 5.32 Å². The molecule has 0 fully saturated rings. The van der Waals surface area contributed by atoms with Crippen molar-refractivity contribution in [2.75, 3.05) is 13.2 Å². The lowest BCUT2D eigenvalue weighted by atomic mass is 10.1. The monoisotopic (exact) mass is 259 g/mol. The second kappa shape index (κ2) is 7.64. The highest BCUT2D eigenvalue weighted by Gasteiger charge is 2.06. The van der Waals surface area contributed by atoms with Gasteiger partial charge in [0.2, 0.25) is 0 Å². The lowest BCUT2D eigenvalue weighted by Crippen LogP contribution is -2.17. The average Bonchev–Trinajstić information content (AvgIpc) is 2.31. The van der Waals surface area contributed by atoms with Gasteiger partial charge in [-0.15, -0.1) is 0 Å². The fourth-order valence-electron chi connectivity index (χ4n) is 1.58. The van der Waals surface area contributed by atoms with E-state index in [0.29, 0.717) is 23.0 Å². The summed E-state index contributed by atoms with van der Waals surface area (Å²) in [6.07, 6.45) is 1.93. The van der Waals surface area contributed by atoms with E-state index in [1.807, 2.05) is 6.92 Å². The molecule has 2 nitrogen and oxygen atoms in total. The summed E-state index contributed by atoms with van der Waals surface area (Å²) in [7, 11) is 0. The Labute approximate surface area is 107 Å². The molecule has 1 atom stereocenters. The van der Waals surface area contributed by atoms with Gasteiger partial charge in [0.1, 0.15) is 5.82 Å². The maximum atomic E-state index is 13.4. The fourth-order valence-corrected chi connectivity index (χ4v) is 1.81. The van der Waals surface area contributed by atoms with Crippen molar-refractivity contribution in [3.8, 4) is 0 Å². The van der Waals surface area contributed by atoms with Crippen LogP contribution in [0.2, 0.25) is 5.02 Å². The highest BCUT2D eigenvalue weighted by Crippen LogP contribution is 2.18. The van der Waals surface area contributed by atoms with Crippen molar-refractivity contribution >= 4 is 11.6 Å². The van der Waals surface area contributed by atoms with Crippen molar-refractivity contribution in [2.45, 2.75) is 26.3 Å². The third-order valence-electron chi connectivity index (χ3n) is 2.73. The molecule has 0 aliphatic carbocycles. The number of nitrogens with one attached hydrogen (secondary N) is 1. The Kier molecular flexibility index (Phi) is 6.48. The van der Waals surface area contributed by atoms with Gasteiger partial charge in [-0.3, -0.25) is 0 Å². The zero-order chi connectivity index (χ0) is 12.7. The van der Waals surface area contributed by atoms with Crippen LogP contribution in [0.15, 0.2) is 18.2 Å². The molecule has 1 unspecified atom stereocenters. The quantitative estimate of drug-likeness (QED) is 0.738. The number of aliphatic hydroxyl groups excluding tert-OH is 1. The molecule has 0 heterocycles. The van der Waals surface area contributed by atoms with Crippen molar-refractivity contribution in [1.29, 1.82) is 0 Å². The van der Waals surface area contributed by atoms with Crippen LogP contribution < -0.4 is 5.32 Å². The molecular formula is C13H19ClFNO. The first-order chi connectivity index (χ1) is 8.15. The summed E-state index contributed by atoms with van der Waals surface area (Å²) >= 11 is 5.90. The third-order valence-corrected chi connectivity index (χ3v) is 3.08. The molecule has 1 aromatic rings. The van der Waals surface area contributed by atoms with Gasteiger partial charge in [-0.05, 0) is 37.4 Å². The van der Waals surface area contributed by atoms with E-state index >= 15 is 0 Å². The van der Waals surface area contributed by atoms with E-state index in [0.717, 1.165) is 19.4 Å². The smallest absolute Gasteiger partial charge is 0.129 e. The van der Waals surface area contributed by atoms with Gasteiger partial charge in [0.25, 0.3) is 0 Å².